The third kappa shape index (κ3) is 2.45. The molecule has 0 amide bonds. The van der Waals surface area contributed by atoms with Crippen LogP contribution in [0, 0.1) is 13.8 Å². The van der Waals surface area contributed by atoms with E-state index < -0.39 is 0 Å². The molecule has 0 spiro atoms. The number of hydrogen-bond donors (Lipinski definition) is 1. The summed E-state index contributed by atoms with van der Waals surface area (Å²) in [6.45, 7) is 5.57. The molecule has 13 heavy (non-hydrogen) atoms. The number of halogens is 1. The molecule has 0 fully saturated rings. The number of aryl methyl sites for hydroxylation is 2. The minimum atomic E-state index is 0.743. The van der Waals surface area contributed by atoms with Gasteiger partial charge in [-0.15, -0.1) is 0 Å². The van der Waals surface area contributed by atoms with E-state index in [9.17, 15) is 0 Å². The maximum absolute atomic E-state index is 6.00. The molecule has 0 atom stereocenters. The van der Waals surface area contributed by atoms with Gasteiger partial charge in [-0.2, -0.15) is 5.10 Å². The van der Waals surface area contributed by atoms with Gasteiger partial charge in [0, 0.05) is 6.54 Å². The molecule has 0 unspecified atom stereocenters. The summed E-state index contributed by atoms with van der Waals surface area (Å²) in [5, 5.41) is 5.11. The molecule has 74 valence electrons. The number of nitrogens with zero attached hydrogens (tertiary/aromatic N) is 2. The van der Waals surface area contributed by atoms with Gasteiger partial charge in [-0.05, 0) is 33.2 Å². The molecule has 0 aliphatic carbocycles. The monoisotopic (exact) mass is 201 g/mol. The topological polar surface area (TPSA) is 43.8 Å². The maximum Gasteiger partial charge on any atom is 0.0844 e. The van der Waals surface area contributed by atoms with Crippen molar-refractivity contribution in [2.75, 3.05) is 6.54 Å². The fourth-order valence-corrected chi connectivity index (χ4v) is 1.43. The van der Waals surface area contributed by atoms with Crippen molar-refractivity contribution in [3.8, 4) is 0 Å². The van der Waals surface area contributed by atoms with Crippen LogP contribution in [0.25, 0.3) is 0 Å². The van der Waals surface area contributed by atoms with Crippen LogP contribution in [0.3, 0.4) is 0 Å². The zero-order valence-electron chi connectivity index (χ0n) is 8.18. The average molecular weight is 202 g/mol. The smallest absolute Gasteiger partial charge is 0.0844 e. The summed E-state index contributed by atoms with van der Waals surface area (Å²) in [7, 11) is 0. The second kappa shape index (κ2) is 4.63. The van der Waals surface area contributed by atoms with Gasteiger partial charge in [0.2, 0.25) is 0 Å². The summed E-state index contributed by atoms with van der Waals surface area (Å²) >= 11 is 6.00. The molecular weight excluding hydrogens is 186 g/mol. The molecule has 0 saturated carbocycles. The van der Waals surface area contributed by atoms with Gasteiger partial charge in [-0.25, -0.2) is 0 Å². The Morgan fingerprint density at radius 1 is 1.38 bits per heavy atom. The van der Waals surface area contributed by atoms with Crippen molar-refractivity contribution < 1.29 is 0 Å². The van der Waals surface area contributed by atoms with E-state index in [-0.39, 0.29) is 0 Å². The fraction of sp³-hybridized carbons (Fsp3) is 0.667. The van der Waals surface area contributed by atoms with Crippen LogP contribution >= 0.6 is 11.6 Å². The van der Waals surface area contributed by atoms with E-state index in [1.54, 1.807) is 0 Å². The highest BCUT2D eigenvalue weighted by Crippen LogP contribution is 2.18. The first-order valence-corrected chi connectivity index (χ1v) is 4.94. The lowest BCUT2D eigenvalue weighted by molar-refractivity contribution is 0.547. The van der Waals surface area contributed by atoms with Crippen LogP contribution in [0.4, 0.5) is 0 Å². The van der Waals surface area contributed by atoms with Crippen LogP contribution in [-0.2, 0) is 6.54 Å². The van der Waals surface area contributed by atoms with Gasteiger partial charge in [0.25, 0.3) is 0 Å². The predicted octanol–water partition coefficient (Wildman–Crippen LogP) is 1.89. The minimum absolute atomic E-state index is 0.743. The van der Waals surface area contributed by atoms with E-state index in [4.69, 9.17) is 17.3 Å². The van der Waals surface area contributed by atoms with E-state index in [1.165, 1.54) is 0 Å². The lowest BCUT2D eigenvalue weighted by Crippen LogP contribution is -2.05. The largest absolute Gasteiger partial charge is 0.330 e. The highest BCUT2D eigenvalue weighted by Gasteiger charge is 2.07. The first-order valence-electron chi connectivity index (χ1n) is 4.56. The molecule has 3 nitrogen and oxygen atoms in total. The van der Waals surface area contributed by atoms with E-state index in [0.717, 1.165) is 42.3 Å². The van der Waals surface area contributed by atoms with Crippen LogP contribution in [-0.4, -0.2) is 16.3 Å². The summed E-state index contributed by atoms with van der Waals surface area (Å²) in [4.78, 5) is 0. The zero-order chi connectivity index (χ0) is 9.84. The third-order valence-electron chi connectivity index (χ3n) is 2.12. The SMILES string of the molecule is Cc1nn(CCCCN)c(C)c1Cl. The van der Waals surface area contributed by atoms with Crippen molar-refractivity contribution in [1.82, 2.24) is 9.78 Å². The summed E-state index contributed by atoms with van der Waals surface area (Å²) < 4.78 is 1.95. The summed E-state index contributed by atoms with van der Waals surface area (Å²) in [5.74, 6) is 0. The van der Waals surface area contributed by atoms with Crippen molar-refractivity contribution in [3.63, 3.8) is 0 Å². The van der Waals surface area contributed by atoms with Crippen molar-refractivity contribution >= 4 is 11.6 Å². The molecule has 1 rings (SSSR count). The lowest BCUT2D eigenvalue weighted by atomic mass is 10.3. The first-order chi connectivity index (χ1) is 6.16. The van der Waals surface area contributed by atoms with Crippen LogP contribution in [0.5, 0.6) is 0 Å². The first kappa shape index (κ1) is 10.5. The van der Waals surface area contributed by atoms with Crippen molar-refractivity contribution in [2.45, 2.75) is 33.2 Å². The number of hydrogen-bond acceptors (Lipinski definition) is 2. The van der Waals surface area contributed by atoms with Gasteiger partial charge in [-0.1, -0.05) is 11.6 Å². The zero-order valence-corrected chi connectivity index (χ0v) is 8.93. The molecule has 1 aromatic rings. The van der Waals surface area contributed by atoms with Gasteiger partial charge in [0.05, 0.1) is 16.4 Å². The molecule has 1 heterocycles. The van der Waals surface area contributed by atoms with Crippen LogP contribution in [0.15, 0.2) is 0 Å². The van der Waals surface area contributed by atoms with Crippen LogP contribution in [0.1, 0.15) is 24.2 Å². The van der Waals surface area contributed by atoms with Gasteiger partial charge in [-0.3, -0.25) is 4.68 Å². The van der Waals surface area contributed by atoms with Crippen molar-refractivity contribution in [3.05, 3.63) is 16.4 Å². The molecule has 0 bridgehead atoms. The van der Waals surface area contributed by atoms with Crippen molar-refractivity contribution in [2.24, 2.45) is 5.73 Å². The number of nitrogens with two attached hydrogens (primary N) is 1. The normalized spacial score (nSPS) is 10.8. The second-order valence-electron chi connectivity index (χ2n) is 3.20. The van der Waals surface area contributed by atoms with Gasteiger partial charge in [0.15, 0.2) is 0 Å². The molecule has 2 N–H and O–H groups in total. The molecule has 0 aliphatic heterocycles. The standard InChI is InChI=1S/C9H16ClN3/c1-7-9(10)8(2)13(12-7)6-4-3-5-11/h3-6,11H2,1-2H3. The number of unbranched alkanes of at least 4 members (excludes halogenated alkanes) is 1. The van der Waals surface area contributed by atoms with Crippen LogP contribution in [0.2, 0.25) is 5.02 Å². The van der Waals surface area contributed by atoms with E-state index in [1.807, 2.05) is 18.5 Å². The summed E-state index contributed by atoms with van der Waals surface area (Å²) in [5.41, 5.74) is 7.37. The molecule has 1 aromatic heterocycles. The molecule has 4 heteroatoms. The second-order valence-corrected chi connectivity index (χ2v) is 3.58. The third-order valence-corrected chi connectivity index (χ3v) is 2.66. The van der Waals surface area contributed by atoms with E-state index >= 15 is 0 Å². The highest BCUT2D eigenvalue weighted by molar-refractivity contribution is 6.31. The molecule has 0 aromatic carbocycles. The average Bonchev–Trinajstić information content (AvgIpc) is 2.34. The Kier molecular flexibility index (Phi) is 3.75. The van der Waals surface area contributed by atoms with Gasteiger partial charge >= 0.3 is 0 Å². The number of aromatic nitrogens is 2. The highest BCUT2D eigenvalue weighted by atomic mass is 35.5. The predicted molar refractivity (Wildman–Crippen MR) is 55.0 cm³/mol. The Morgan fingerprint density at radius 3 is 2.54 bits per heavy atom. The molecule has 0 radical (unpaired) electrons. The molecule has 0 saturated heterocycles. The quantitative estimate of drug-likeness (QED) is 0.757. The van der Waals surface area contributed by atoms with Crippen LogP contribution < -0.4 is 5.73 Å². The van der Waals surface area contributed by atoms with Gasteiger partial charge < -0.3 is 5.73 Å². The summed E-state index contributed by atoms with van der Waals surface area (Å²) in [6, 6.07) is 0. The molecular formula is C9H16ClN3. The number of rotatable bonds is 4. The van der Waals surface area contributed by atoms with E-state index in [2.05, 4.69) is 5.10 Å². The van der Waals surface area contributed by atoms with Crippen molar-refractivity contribution in [1.29, 1.82) is 0 Å². The minimum Gasteiger partial charge on any atom is -0.330 e. The Hall–Kier alpha value is -0.540. The molecule has 0 aliphatic rings. The Bertz CT molecular complexity index is 281. The Balaban J connectivity index is 2.61. The Labute approximate surface area is 83.9 Å². The lowest BCUT2D eigenvalue weighted by Gasteiger charge is -2.02. The van der Waals surface area contributed by atoms with Gasteiger partial charge in [0.1, 0.15) is 0 Å². The van der Waals surface area contributed by atoms with E-state index in [0.29, 0.717) is 0 Å². The summed E-state index contributed by atoms with van der Waals surface area (Å²) in [6.07, 6.45) is 2.10. The maximum atomic E-state index is 6.00. The Morgan fingerprint density at radius 2 is 2.08 bits per heavy atom. The fourth-order valence-electron chi connectivity index (χ4n) is 1.30.